The molecule has 0 bridgehead atoms. The minimum atomic E-state index is -0.00969. The van der Waals surface area contributed by atoms with Crippen molar-refractivity contribution in [2.24, 2.45) is 16.1 Å². The summed E-state index contributed by atoms with van der Waals surface area (Å²) in [7, 11) is 0. The minimum absolute atomic E-state index is 0.00969. The van der Waals surface area contributed by atoms with Crippen molar-refractivity contribution in [3.8, 4) is 0 Å². The molecule has 0 amide bonds. The van der Waals surface area contributed by atoms with E-state index in [9.17, 15) is 5.11 Å². The molecule has 0 aromatic heterocycles. The summed E-state index contributed by atoms with van der Waals surface area (Å²) >= 11 is 0. The first kappa shape index (κ1) is 13.4. The second kappa shape index (κ2) is 5.44. The summed E-state index contributed by atoms with van der Waals surface area (Å²) in [5, 5.41) is 12.6. The molecule has 1 aromatic rings. The maximum absolute atomic E-state index is 9.41. The number of hydrogen-bond donors (Lipinski definition) is 3. The van der Waals surface area contributed by atoms with Gasteiger partial charge in [0.15, 0.2) is 5.96 Å². The number of fused-ring (bicyclic) bond motifs is 1. The number of rotatable bonds is 4. The molecule has 0 radical (unpaired) electrons. The number of benzene rings is 1. The van der Waals surface area contributed by atoms with Crippen molar-refractivity contribution in [2.75, 3.05) is 18.5 Å². The number of aryl methyl sites for hydroxylation is 2. The smallest absolute Gasteiger partial charge is 0.193 e. The fourth-order valence-electron chi connectivity index (χ4n) is 3.13. The Morgan fingerprint density at radius 3 is 2.75 bits per heavy atom. The van der Waals surface area contributed by atoms with Crippen LogP contribution in [0, 0.1) is 5.41 Å². The Labute approximate surface area is 120 Å². The summed E-state index contributed by atoms with van der Waals surface area (Å²) in [6, 6.07) is 6.42. The quantitative estimate of drug-likeness (QED) is 0.581. The topological polar surface area (TPSA) is 70.6 Å². The molecule has 1 aromatic carbocycles. The van der Waals surface area contributed by atoms with Crippen LogP contribution < -0.4 is 11.1 Å². The zero-order valence-electron chi connectivity index (χ0n) is 11.9. The molecule has 20 heavy (non-hydrogen) atoms. The average Bonchev–Trinajstić information content (AvgIpc) is 2.85. The van der Waals surface area contributed by atoms with E-state index < -0.39 is 0 Å². The SMILES string of the molecule is NC(=NCC1(CO)CCC1)Nc1ccc2c(c1)CCC2. The van der Waals surface area contributed by atoms with Crippen LogP contribution in [0.5, 0.6) is 0 Å². The summed E-state index contributed by atoms with van der Waals surface area (Å²) < 4.78 is 0. The molecule has 4 heteroatoms. The summed E-state index contributed by atoms with van der Waals surface area (Å²) in [6.45, 7) is 0.829. The molecule has 3 rings (SSSR count). The molecule has 0 unspecified atom stereocenters. The van der Waals surface area contributed by atoms with Crippen molar-refractivity contribution >= 4 is 11.6 Å². The molecule has 4 nitrogen and oxygen atoms in total. The molecular weight excluding hydrogens is 250 g/mol. The lowest BCUT2D eigenvalue weighted by Gasteiger charge is -2.38. The number of aliphatic hydroxyl groups is 1. The number of nitrogens with zero attached hydrogens (tertiary/aromatic N) is 1. The lowest BCUT2D eigenvalue weighted by Crippen LogP contribution is -2.37. The number of aliphatic hydroxyl groups excluding tert-OH is 1. The Bertz CT molecular complexity index is 515. The monoisotopic (exact) mass is 273 g/mol. The Balaban J connectivity index is 1.62. The molecule has 1 saturated carbocycles. The third-order valence-electron chi connectivity index (χ3n) is 4.71. The standard InChI is InChI=1S/C16H23N3O/c17-15(18-10-16(11-20)7-2-8-16)19-14-6-5-12-3-1-4-13(12)9-14/h5-6,9,20H,1-4,7-8,10-11H2,(H3,17,18,19). The Morgan fingerprint density at radius 1 is 1.25 bits per heavy atom. The molecule has 0 heterocycles. The molecule has 0 saturated heterocycles. The normalized spacial score (nSPS) is 20.4. The molecule has 2 aliphatic rings. The third-order valence-corrected chi connectivity index (χ3v) is 4.71. The number of guanidine groups is 1. The van der Waals surface area contributed by atoms with E-state index in [4.69, 9.17) is 5.73 Å². The number of hydrogen-bond acceptors (Lipinski definition) is 2. The minimum Gasteiger partial charge on any atom is -0.396 e. The number of aliphatic imine (C=N–C) groups is 1. The van der Waals surface area contributed by atoms with E-state index in [1.165, 1.54) is 30.4 Å². The van der Waals surface area contributed by atoms with Gasteiger partial charge in [-0.1, -0.05) is 12.5 Å². The van der Waals surface area contributed by atoms with E-state index in [0.29, 0.717) is 12.5 Å². The first-order chi connectivity index (χ1) is 9.71. The van der Waals surface area contributed by atoms with E-state index in [1.807, 2.05) is 0 Å². The zero-order valence-corrected chi connectivity index (χ0v) is 11.9. The van der Waals surface area contributed by atoms with Crippen LogP contribution in [0.2, 0.25) is 0 Å². The van der Waals surface area contributed by atoms with E-state index in [0.717, 1.165) is 24.9 Å². The molecule has 108 valence electrons. The van der Waals surface area contributed by atoms with Gasteiger partial charge in [-0.15, -0.1) is 0 Å². The van der Waals surface area contributed by atoms with Gasteiger partial charge in [-0.3, -0.25) is 4.99 Å². The van der Waals surface area contributed by atoms with Gasteiger partial charge >= 0.3 is 0 Å². The van der Waals surface area contributed by atoms with Gasteiger partial charge in [0.25, 0.3) is 0 Å². The lowest BCUT2D eigenvalue weighted by atomic mass is 9.69. The summed E-state index contributed by atoms with van der Waals surface area (Å²) in [5.41, 5.74) is 9.83. The van der Waals surface area contributed by atoms with Crippen molar-refractivity contribution in [3.05, 3.63) is 29.3 Å². The highest BCUT2D eigenvalue weighted by Crippen LogP contribution is 2.40. The molecule has 0 atom stereocenters. The van der Waals surface area contributed by atoms with Crippen LogP contribution in [-0.4, -0.2) is 24.2 Å². The molecule has 0 spiro atoms. The summed E-state index contributed by atoms with van der Waals surface area (Å²) in [6.07, 6.45) is 6.90. The Hall–Kier alpha value is -1.55. The summed E-state index contributed by atoms with van der Waals surface area (Å²) in [4.78, 5) is 4.40. The van der Waals surface area contributed by atoms with Crippen LogP contribution >= 0.6 is 0 Å². The Kier molecular flexibility index (Phi) is 3.66. The van der Waals surface area contributed by atoms with Crippen LogP contribution in [0.1, 0.15) is 36.8 Å². The zero-order chi connectivity index (χ0) is 14.0. The third kappa shape index (κ3) is 2.66. The maximum atomic E-state index is 9.41. The number of nitrogens with two attached hydrogens (primary N) is 1. The van der Waals surface area contributed by atoms with Crippen LogP contribution in [0.3, 0.4) is 0 Å². The van der Waals surface area contributed by atoms with Gasteiger partial charge in [0.1, 0.15) is 0 Å². The fourth-order valence-corrected chi connectivity index (χ4v) is 3.13. The second-order valence-electron chi connectivity index (χ2n) is 6.18. The molecule has 0 aliphatic heterocycles. The van der Waals surface area contributed by atoms with Crippen molar-refractivity contribution in [3.63, 3.8) is 0 Å². The van der Waals surface area contributed by atoms with Crippen LogP contribution in [0.4, 0.5) is 5.69 Å². The molecule has 2 aliphatic carbocycles. The lowest BCUT2D eigenvalue weighted by molar-refractivity contribution is 0.0540. The largest absolute Gasteiger partial charge is 0.396 e. The Morgan fingerprint density at radius 2 is 2.05 bits per heavy atom. The molecule has 1 fully saturated rings. The predicted octanol–water partition coefficient (Wildman–Crippen LogP) is 2.06. The summed E-state index contributed by atoms with van der Waals surface area (Å²) in [5.74, 6) is 0.447. The highest BCUT2D eigenvalue weighted by molar-refractivity contribution is 5.92. The first-order valence-corrected chi connectivity index (χ1v) is 7.50. The van der Waals surface area contributed by atoms with E-state index >= 15 is 0 Å². The van der Waals surface area contributed by atoms with Crippen LogP contribution in [-0.2, 0) is 12.8 Å². The van der Waals surface area contributed by atoms with Crippen molar-refractivity contribution in [1.29, 1.82) is 0 Å². The van der Waals surface area contributed by atoms with E-state index in [2.05, 4.69) is 28.5 Å². The maximum Gasteiger partial charge on any atom is 0.193 e. The van der Waals surface area contributed by atoms with Gasteiger partial charge in [-0.2, -0.15) is 0 Å². The van der Waals surface area contributed by atoms with Crippen LogP contribution in [0.25, 0.3) is 0 Å². The van der Waals surface area contributed by atoms with Crippen molar-refractivity contribution in [1.82, 2.24) is 0 Å². The molecule has 4 N–H and O–H groups in total. The van der Waals surface area contributed by atoms with Gasteiger partial charge < -0.3 is 16.2 Å². The van der Waals surface area contributed by atoms with Gasteiger partial charge in [0, 0.05) is 11.1 Å². The fraction of sp³-hybridized carbons (Fsp3) is 0.562. The van der Waals surface area contributed by atoms with Crippen LogP contribution in [0.15, 0.2) is 23.2 Å². The van der Waals surface area contributed by atoms with E-state index in [-0.39, 0.29) is 12.0 Å². The average molecular weight is 273 g/mol. The van der Waals surface area contributed by atoms with Gasteiger partial charge in [-0.05, 0) is 55.4 Å². The first-order valence-electron chi connectivity index (χ1n) is 7.50. The van der Waals surface area contributed by atoms with Crippen molar-refractivity contribution < 1.29 is 5.11 Å². The van der Waals surface area contributed by atoms with Gasteiger partial charge in [-0.25, -0.2) is 0 Å². The predicted molar refractivity (Wildman–Crippen MR) is 81.9 cm³/mol. The highest BCUT2D eigenvalue weighted by atomic mass is 16.3. The molecular formula is C16H23N3O. The number of anilines is 1. The van der Waals surface area contributed by atoms with E-state index in [1.54, 1.807) is 0 Å². The van der Waals surface area contributed by atoms with Crippen molar-refractivity contribution in [2.45, 2.75) is 38.5 Å². The van der Waals surface area contributed by atoms with Gasteiger partial charge in [0.2, 0.25) is 0 Å². The number of nitrogens with one attached hydrogen (secondary N) is 1. The van der Waals surface area contributed by atoms with Gasteiger partial charge in [0.05, 0.1) is 13.2 Å². The second-order valence-corrected chi connectivity index (χ2v) is 6.18. The highest BCUT2D eigenvalue weighted by Gasteiger charge is 2.36.